The Kier molecular flexibility index (Phi) is 10.7. The van der Waals surface area contributed by atoms with Crippen molar-refractivity contribution in [2.75, 3.05) is 19.0 Å². The summed E-state index contributed by atoms with van der Waals surface area (Å²) >= 11 is 0. The number of aliphatic carboxylic acids is 1. The maximum absolute atomic E-state index is 15.0. The van der Waals surface area contributed by atoms with Gasteiger partial charge in [-0.05, 0) is 68.7 Å². The van der Waals surface area contributed by atoms with E-state index in [0.717, 1.165) is 24.3 Å². The number of ether oxygens (including phenoxy) is 2. The molecule has 16 heteroatoms. The Morgan fingerprint density at radius 1 is 1.04 bits per heavy atom. The Morgan fingerprint density at radius 2 is 1.72 bits per heavy atom. The molecule has 2 saturated carbocycles. The molecular weight excluding hydrogens is 652 g/mol. The SMILES string of the molecule is COc1cc(F)c(O[C@H]2CC[C@@](CO)(C(=O)O)CC2)cc1C(=O)N[C@H]1[C@@H](C(=O)Nc2cccc(S(=O)(=O)C(F)(F)F)c2)CCC[C@@H]1C. The molecule has 2 aliphatic carbocycles. The molecular formula is C31H36F4N2O9S. The zero-order valence-electron chi connectivity index (χ0n) is 25.6. The third-order valence-corrected chi connectivity index (χ3v) is 10.5. The van der Waals surface area contributed by atoms with Gasteiger partial charge in [-0.2, -0.15) is 13.2 Å². The van der Waals surface area contributed by atoms with E-state index in [4.69, 9.17) is 9.47 Å². The van der Waals surface area contributed by atoms with Gasteiger partial charge < -0.3 is 30.3 Å². The molecule has 11 nitrogen and oxygen atoms in total. The molecule has 0 radical (unpaired) electrons. The van der Waals surface area contributed by atoms with Crippen molar-refractivity contribution >= 4 is 33.3 Å². The predicted molar refractivity (Wildman–Crippen MR) is 159 cm³/mol. The van der Waals surface area contributed by atoms with Crippen LogP contribution in [0.5, 0.6) is 11.5 Å². The molecule has 3 atom stereocenters. The molecule has 0 bridgehead atoms. The summed E-state index contributed by atoms with van der Waals surface area (Å²) in [5.41, 5.74) is -7.10. The van der Waals surface area contributed by atoms with E-state index < -0.39 is 73.9 Å². The van der Waals surface area contributed by atoms with Gasteiger partial charge in [0.25, 0.3) is 15.7 Å². The van der Waals surface area contributed by atoms with Gasteiger partial charge in [-0.25, -0.2) is 12.8 Å². The molecule has 0 aliphatic heterocycles. The van der Waals surface area contributed by atoms with Gasteiger partial charge in [0.1, 0.15) is 5.75 Å². The van der Waals surface area contributed by atoms with Crippen molar-refractivity contribution in [3.63, 3.8) is 0 Å². The standard InChI is InChI=1S/C31H36F4N2O9S/c1-17-5-3-8-21(27(39)36-18-6-4-7-20(13-18)47(43,44)31(33,34)35)26(17)37-28(40)22-14-25(23(32)15-24(22)45-2)46-19-9-11-30(16-38,12-10-19)29(41)42/h4,6-7,13-15,17,19,21,26,38H,3,5,8-12,16H2,1-2H3,(H,36,39)(H,37,40)(H,41,42)/t17-,19-,21-,26+,30+/m0/s1. The fourth-order valence-corrected chi connectivity index (χ4v) is 6.95. The number of aliphatic hydroxyl groups is 1. The number of anilines is 1. The molecule has 0 aromatic heterocycles. The Labute approximate surface area is 268 Å². The van der Waals surface area contributed by atoms with Gasteiger partial charge in [0.05, 0.1) is 41.6 Å². The second-order valence-corrected chi connectivity index (χ2v) is 14.0. The molecule has 4 N–H and O–H groups in total. The van der Waals surface area contributed by atoms with Crippen molar-refractivity contribution < 1.29 is 60.0 Å². The molecule has 258 valence electrons. The lowest BCUT2D eigenvalue weighted by Gasteiger charge is -2.36. The van der Waals surface area contributed by atoms with Crippen LogP contribution < -0.4 is 20.1 Å². The van der Waals surface area contributed by atoms with E-state index in [9.17, 15) is 46.2 Å². The van der Waals surface area contributed by atoms with Gasteiger partial charge in [0.2, 0.25) is 5.91 Å². The van der Waals surface area contributed by atoms with Gasteiger partial charge >= 0.3 is 11.5 Å². The highest BCUT2D eigenvalue weighted by molar-refractivity contribution is 7.92. The van der Waals surface area contributed by atoms with Crippen LogP contribution in [0.2, 0.25) is 0 Å². The number of amides is 2. The highest BCUT2D eigenvalue weighted by atomic mass is 32.2. The smallest absolute Gasteiger partial charge is 0.496 e. The molecule has 4 rings (SSSR count). The normalized spacial score (nSPS) is 25.0. The number of sulfone groups is 1. The van der Waals surface area contributed by atoms with E-state index in [2.05, 4.69) is 10.6 Å². The van der Waals surface area contributed by atoms with Gasteiger partial charge in [0.15, 0.2) is 11.6 Å². The summed E-state index contributed by atoms with van der Waals surface area (Å²) in [5.74, 6) is -4.78. The Balaban J connectivity index is 1.52. The summed E-state index contributed by atoms with van der Waals surface area (Å²) in [7, 11) is -4.41. The van der Waals surface area contributed by atoms with Crippen LogP contribution in [-0.4, -0.2) is 67.8 Å². The van der Waals surface area contributed by atoms with E-state index in [1.165, 1.54) is 13.2 Å². The second kappa shape index (κ2) is 14.1. The Morgan fingerprint density at radius 3 is 2.32 bits per heavy atom. The Bertz CT molecular complexity index is 1610. The minimum atomic E-state index is -5.65. The molecule has 0 saturated heterocycles. The van der Waals surface area contributed by atoms with Crippen LogP contribution in [0.25, 0.3) is 0 Å². The van der Waals surface area contributed by atoms with Crippen LogP contribution in [0.3, 0.4) is 0 Å². The molecule has 2 amide bonds. The largest absolute Gasteiger partial charge is 0.501 e. The summed E-state index contributed by atoms with van der Waals surface area (Å²) in [6, 6.07) is 5.16. The number of hydrogen-bond donors (Lipinski definition) is 4. The number of carboxylic acid groups (broad SMARTS) is 1. The number of hydrogen-bond acceptors (Lipinski definition) is 8. The zero-order chi connectivity index (χ0) is 34.7. The van der Waals surface area contributed by atoms with Gasteiger partial charge in [-0.1, -0.05) is 19.4 Å². The highest BCUT2D eigenvalue weighted by Crippen LogP contribution is 2.39. The number of carbonyl (C=O) groups is 3. The molecule has 2 aliphatic rings. The van der Waals surface area contributed by atoms with Gasteiger partial charge in [-0.3, -0.25) is 14.4 Å². The summed E-state index contributed by atoms with van der Waals surface area (Å²) in [5, 5.41) is 24.4. The lowest BCUT2D eigenvalue weighted by atomic mass is 9.74. The maximum atomic E-state index is 15.0. The van der Waals surface area contributed by atoms with E-state index in [1.54, 1.807) is 0 Å². The Hall–Kier alpha value is -3.92. The number of carboxylic acids is 1. The molecule has 0 spiro atoms. The van der Waals surface area contributed by atoms with Crippen LogP contribution in [0, 0.1) is 23.1 Å². The molecule has 0 heterocycles. The zero-order valence-corrected chi connectivity index (χ0v) is 26.4. The first-order chi connectivity index (χ1) is 22.0. The number of nitrogens with one attached hydrogen (secondary N) is 2. The fourth-order valence-electron chi connectivity index (χ4n) is 6.14. The van der Waals surface area contributed by atoms with Crippen molar-refractivity contribution in [1.29, 1.82) is 0 Å². The van der Waals surface area contributed by atoms with Crippen LogP contribution in [0.4, 0.5) is 23.2 Å². The van der Waals surface area contributed by atoms with E-state index in [-0.39, 0.29) is 54.4 Å². The highest BCUT2D eigenvalue weighted by Gasteiger charge is 2.47. The predicted octanol–water partition coefficient (Wildman–Crippen LogP) is 4.69. The minimum absolute atomic E-state index is 0.100. The number of carbonyl (C=O) groups excluding carboxylic acids is 2. The fraction of sp³-hybridized carbons (Fsp3) is 0.516. The van der Waals surface area contributed by atoms with E-state index in [0.29, 0.717) is 25.3 Å². The van der Waals surface area contributed by atoms with Crippen molar-refractivity contribution in [3.05, 3.63) is 47.8 Å². The first-order valence-corrected chi connectivity index (χ1v) is 16.4. The number of halogens is 4. The first kappa shape index (κ1) is 35.9. The van der Waals surface area contributed by atoms with Crippen molar-refractivity contribution in [1.82, 2.24) is 5.32 Å². The summed E-state index contributed by atoms with van der Waals surface area (Å²) in [6.45, 7) is 1.27. The van der Waals surface area contributed by atoms with Crippen molar-refractivity contribution in [2.45, 2.75) is 74.4 Å². The molecule has 2 aromatic rings. The lowest BCUT2D eigenvalue weighted by molar-refractivity contribution is -0.155. The minimum Gasteiger partial charge on any atom is -0.496 e. The topological polar surface area (TPSA) is 168 Å². The first-order valence-electron chi connectivity index (χ1n) is 14.9. The third-order valence-electron chi connectivity index (χ3n) is 9.01. The maximum Gasteiger partial charge on any atom is 0.501 e. The van der Waals surface area contributed by atoms with E-state index >= 15 is 4.39 Å². The summed E-state index contributed by atoms with van der Waals surface area (Å²) in [4.78, 5) is 37.6. The molecule has 2 aromatic carbocycles. The average Bonchev–Trinajstić information content (AvgIpc) is 3.02. The van der Waals surface area contributed by atoms with Gasteiger partial charge in [0, 0.05) is 17.8 Å². The quantitative estimate of drug-likeness (QED) is 0.259. The number of methoxy groups -OCH3 is 1. The van der Waals surface area contributed by atoms with Crippen LogP contribution in [-0.2, 0) is 19.4 Å². The summed E-state index contributed by atoms with van der Waals surface area (Å²) < 4.78 is 89.0. The van der Waals surface area contributed by atoms with Gasteiger partial charge in [-0.15, -0.1) is 0 Å². The third kappa shape index (κ3) is 7.64. The number of aliphatic hydroxyl groups excluding tert-OH is 1. The molecule has 0 unspecified atom stereocenters. The second-order valence-electron chi connectivity index (χ2n) is 12.0. The average molecular weight is 689 g/mol. The summed E-state index contributed by atoms with van der Waals surface area (Å²) in [6.07, 6.45) is 1.64. The number of rotatable bonds is 10. The van der Waals surface area contributed by atoms with Crippen LogP contribution >= 0.6 is 0 Å². The number of alkyl halides is 3. The van der Waals surface area contributed by atoms with Crippen LogP contribution in [0.15, 0.2) is 41.3 Å². The van der Waals surface area contributed by atoms with Crippen molar-refractivity contribution in [2.24, 2.45) is 17.3 Å². The lowest BCUT2D eigenvalue weighted by Crippen LogP contribution is -2.50. The van der Waals surface area contributed by atoms with Crippen molar-refractivity contribution in [3.8, 4) is 11.5 Å². The molecule has 47 heavy (non-hydrogen) atoms. The number of benzene rings is 2. The van der Waals surface area contributed by atoms with E-state index in [1.807, 2.05) is 6.92 Å². The molecule has 2 fully saturated rings. The van der Waals surface area contributed by atoms with Crippen LogP contribution in [0.1, 0.15) is 62.2 Å². The monoisotopic (exact) mass is 688 g/mol.